The summed E-state index contributed by atoms with van der Waals surface area (Å²) in [7, 11) is 0. The summed E-state index contributed by atoms with van der Waals surface area (Å²) in [6.07, 6.45) is 2.82. The fourth-order valence-corrected chi connectivity index (χ4v) is 1.68. The Morgan fingerprint density at radius 3 is 2.62 bits per heavy atom. The van der Waals surface area contributed by atoms with Crippen molar-refractivity contribution in [3.8, 4) is 0 Å². The Morgan fingerprint density at radius 1 is 1.31 bits per heavy atom. The van der Waals surface area contributed by atoms with Crippen LogP contribution < -0.4 is 10.6 Å². The average molecular weight is 283 g/mol. The van der Waals surface area contributed by atoms with E-state index in [1.165, 1.54) is 0 Å². The number of hydrogen-bond acceptors (Lipinski definition) is 2. The highest BCUT2D eigenvalue weighted by Gasteiger charge is 2.22. The van der Waals surface area contributed by atoms with Crippen LogP contribution in [0.3, 0.4) is 0 Å². The lowest BCUT2D eigenvalue weighted by molar-refractivity contribution is -0.120. The van der Waals surface area contributed by atoms with Crippen molar-refractivity contribution < 1.29 is 4.79 Å². The molecule has 1 fully saturated rings. The first kappa shape index (κ1) is 11.5. The largest absolute Gasteiger partial charge is 0.385 e. The van der Waals surface area contributed by atoms with Crippen molar-refractivity contribution in [2.45, 2.75) is 25.3 Å². The van der Waals surface area contributed by atoms with Crippen molar-refractivity contribution >= 4 is 27.5 Å². The fourth-order valence-electron chi connectivity index (χ4n) is 1.42. The second-order valence-corrected chi connectivity index (χ2v) is 4.94. The predicted octanol–water partition coefficient (Wildman–Crippen LogP) is 2.53. The summed E-state index contributed by atoms with van der Waals surface area (Å²) in [6, 6.07) is 8.39. The van der Waals surface area contributed by atoms with E-state index >= 15 is 0 Å². The molecule has 0 aliphatic heterocycles. The van der Waals surface area contributed by atoms with Gasteiger partial charge in [0.1, 0.15) is 0 Å². The van der Waals surface area contributed by atoms with E-state index in [0.717, 1.165) is 23.0 Å². The predicted molar refractivity (Wildman–Crippen MR) is 68.4 cm³/mol. The molecule has 0 atom stereocenters. The highest BCUT2D eigenvalue weighted by molar-refractivity contribution is 9.10. The van der Waals surface area contributed by atoms with Gasteiger partial charge in [0.05, 0.1) is 0 Å². The monoisotopic (exact) mass is 282 g/mol. The smallest absolute Gasteiger partial charge is 0.221 e. The SMILES string of the molecule is O=C(CCNc1ccc(Br)cc1)NC1CC1. The first-order chi connectivity index (χ1) is 7.74. The molecule has 3 nitrogen and oxygen atoms in total. The Labute approximate surface area is 104 Å². The zero-order valence-electron chi connectivity index (χ0n) is 9.00. The molecular formula is C12H15BrN2O. The molecule has 0 unspecified atom stereocenters. The summed E-state index contributed by atoms with van der Waals surface area (Å²) < 4.78 is 1.06. The Kier molecular flexibility index (Phi) is 3.83. The fraction of sp³-hybridized carbons (Fsp3) is 0.417. The summed E-state index contributed by atoms with van der Waals surface area (Å²) >= 11 is 3.38. The molecule has 0 heterocycles. The van der Waals surface area contributed by atoms with Gasteiger partial charge in [-0.25, -0.2) is 0 Å². The lowest BCUT2D eigenvalue weighted by Crippen LogP contribution is -2.27. The lowest BCUT2D eigenvalue weighted by Gasteiger charge is -2.06. The molecule has 0 radical (unpaired) electrons. The van der Waals surface area contributed by atoms with Gasteiger partial charge in [0, 0.05) is 29.2 Å². The third-order valence-electron chi connectivity index (χ3n) is 2.47. The number of hydrogen-bond donors (Lipinski definition) is 2. The molecule has 0 bridgehead atoms. The van der Waals surface area contributed by atoms with Crippen LogP contribution in [0.4, 0.5) is 5.69 Å². The van der Waals surface area contributed by atoms with Gasteiger partial charge in [-0.2, -0.15) is 0 Å². The molecule has 0 saturated heterocycles. The number of amides is 1. The topological polar surface area (TPSA) is 41.1 Å². The second-order valence-electron chi connectivity index (χ2n) is 4.03. The first-order valence-corrected chi connectivity index (χ1v) is 6.32. The molecule has 1 aliphatic rings. The maximum absolute atomic E-state index is 11.4. The molecule has 1 aromatic carbocycles. The Bertz CT molecular complexity index is 360. The van der Waals surface area contributed by atoms with Crippen LogP contribution in [0.15, 0.2) is 28.7 Å². The number of nitrogens with one attached hydrogen (secondary N) is 2. The molecule has 4 heteroatoms. The number of benzene rings is 1. The average Bonchev–Trinajstić information content (AvgIpc) is 3.05. The van der Waals surface area contributed by atoms with E-state index in [1.54, 1.807) is 0 Å². The minimum absolute atomic E-state index is 0.145. The van der Waals surface area contributed by atoms with Gasteiger partial charge in [-0.15, -0.1) is 0 Å². The first-order valence-electron chi connectivity index (χ1n) is 5.53. The van der Waals surface area contributed by atoms with Crippen LogP contribution in [-0.4, -0.2) is 18.5 Å². The summed E-state index contributed by atoms with van der Waals surface area (Å²) in [5.41, 5.74) is 1.04. The third-order valence-corrected chi connectivity index (χ3v) is 3.00. The van der Waals surface area contributed by atoms with Crippen molar-refractivity contribution in [1.82, 2.24) is 5.32 Å². The van der Waals surface area contributed by atoms with E-state index in [1.807, 2.05) is 24.3 Å². The summed E-state index contributed by atoms with van der Waals surface area (Å²) in [5.74, 6) is 0.145. The van der Waals surface area contributed by atoms with Crippen LogP contribution >= 0.6 is 15.9 Å². The number of rotatable bonds is 5. The quantitative estimate of drug-likeness (QED) is 0.872. The van der Waals surface area contributed by atoms with E-state index in [4.69, 9.17) is 0 Å². The van der Waals surface area contributed by atoms with Crippen LogP contribution in [0.1, 0.15) is 19.3 Å². The van der Waals surface area contributed by atoms with E-state index in [0.29, 0.717) is 19.0 Å². The van der Waals surface area contributed by atoms with Gasteiger partial charge >= 0.3 is 0 Å². The van der Waals surface area contributed by atoms with Gasteiger partial charge in [-0.05, 0) is 37.1 Å². The molecule has 16 heavy (non-hydrogen) atoms. The standard InChI is InChI=1S/C12H15BrN2O/c13-9-1-3-10(4-2-9)14-8-7-12(16)15-11-5-6-11/h1-4,11,14H,5-8H2,(H,15,16). The van der Waals surface area contributed by atoms with Gasteiger partial charge in [-0.3, -0.25) is 4.79 Å². The molecule has 1 aliphatic carbocycles. The summed E-state index contributed by atoms with van der Waals surface area (Å²) in [4.78, 5) is 11.4. The molecule has 1 saturated carbocycles. The second kappa shape index (κ2) is 5.34. The minimum Gasteiger partial charge on any atom is -0.385 e. The molecule has 2 N–H and O–H groups in total. The van der Waals surface area contributed by atoms with Gasteiger partial charge in [-0.1, -0.05) is 15.9 Å². The number of halogens is 1. The molecule has 0 spiro atoms. The van der Waals surface area contributed by atoms with Crippen molar-refractivity contribution in [3.05, 3.63) is 28.7 Å². The zero-order valence-corrected chi connectivity index (χ0v) is 10.6. The third kappa shape index (κ3) is 3.85. The highest BCUT2D eigenvalue weighted by atomic mass is 79.9. The zero-order chi connectivity index (χ0) is 11.4. The van der Waals surface area contributed by atoms with Gasteiger partial charge in [0.2, 0.25) is 5.91 Å². The van der Waals surface area contributed by atoms with Gasteiger partial charge in [0.25, 0.3) is 0 Å². The van der Waals surface area contributed by atoms with Crippen molar-refractivity contribution in [2.24, 2.45) is 0 Å². The summed E-state index contributed by atoms with van der Waals surface area (Å²) in [6.45, 7) is 0.681. The van der Waals surface area contributed by atoms with Gasteiger partial charge < -0.3 is 10.6 Å². The molecular weight excluding hydrogens is 268 g/mol. The summed E-state index contributed by atoms with van der Waals surface area (Å²) in [5, 5.41) is 6.18. The maximum Gasteiger partial charge on any atom is 0.221 e. The van der Waals surface area contributed by atoms with Crippen LogP contribution in [-0.2, 0) is 4.79 Å². The van der Waals surface area contributed by atoms with E-state index in [-0.39, 0.29) is 5.91 Å². The van der Waals surface area contributed by atoms with Crippen LogP contribution in [0.5, 0.6) is 0 Å². The van der Waals surface area contributed by atoms with E-state index < -0.39 is 0 Å². The van der Waals surface area contributed by atoms with E-state index in [9.17, 15) is 4.79 Å². The molecule has 86 valence electrons. The normalized spacial score (nSPS) is 14.6. The number of carbonyl (C=O) groups is 1. The molecule has 0 aromatic heterocycles. The minimum atomic E-state index is 0.145. The number of carbonyl (C=O) groups excluding carboxylic acids is 1. The van der Waals surface area contributed by atoms with Crippen LogP contribution in [0.25, 0.3) is 0 Å². The molecule has 1 aromatic rings. The Morgan fingerprint density at radius 2 is 2.00 bits per heavy atom. The number of anilines is 1. The lowest BCUT2D eigenvalue weighted by atomic mass is 10.3. The van der Waals surface area contributed by atoms with Crippen molar-refractivity contribution in [3.63, 3.8) is 0 Å². The van der Waals surface area contributed by atoms with Crippen LogP contribution in [0, 0.1) is 0 Å². The Balaban J connectivity index is 1.66. The maximum atomic E-state index is 11.4. The van der Waals surface area contributed by atoms with Crippen molar-refractivity contribution in [2.75, 3.05) is 11.9 Å². The van der Waals surface area contributed by atoms with Gasteiger partial charge in [0.15, 0.2) is 0 Å². The Hall–Kier alpha value is -1.03. The van der Waals surface area contributed by atoms with Crippen molar-refractivity contribution in [1.29, 1.82) is 0 Å². The van der Waals surface area contributed by atoms with E-state index in [2.05, 4.69) is 26.6 Å². The molecule has 2 rings (SSSR count). The van der Waals surface area contributed by atoms with Crippen LogP contribution in [0.2, 0.25) is 0 Å². The molecule has 1 amide bonds. The highest BCUT2D eigenvalue weighted by Crippen LogP contribution is 2.18.